The van der Waals surface area contributed by atoms with Crippen LogP contribution in [-0.4, -0.2) is 25.9 Å². The second-order valence-electron chi connectivity index (χ2n) is 5.21. The molecule has 0 aliphatic heterocycles. The highest BCUT2D eigenvalue weighted by atomic mass is 15.3. The van der Waals surface area contributed by atoms with Gasteiger partial charge in [0.25, 0.3) is 0 Å². The third-order valence-electron chi connectivity index (χ3n) is 3.61. The standard InChI is InChI=1S/C15H25N5/c1-5-7-16-14(15-17-8-9-19(15)3)11-13-10-12(6-2)18-20(13)4/h8-10,14,16H,5-7,11H2,1-4H3. The molecule has 20 heavy (non-hydrogen) atoms. The molecule has 1 atom stereocenters. The SMILES string of the molecule is CCCNC(Cc1cc(CC)nn1C)c1nccn1C. The molecule has 5 nitrogen and oxygen atoms in total. The topological polar surface area (TPSA) is 47.7 Å². The number of aryl methyl sites for hydroxylation is 3. The molecule has 0 spiro atoms. The van der Waals surface area contributed by atoms with Crippen molar-refractivity contribution in [3.8, 4) is 0 Å². The first-order chi connectivity index (χ1) is 9.65. The Balaban J connectivity index is 2.19. The molecule has 5 heteroatoms. The third-order valence-corrected chi connectivity index (χ3v) is 3.61. The number of rotatable bonds is 7. The third kappa shape index (κ3) is 3.28. The van der Waals surface area contributed by atoms with E-state index >= 15 is 0 Å². The summed E-state index contributed by atoms with van der Waals surface area (Å²) >= 11 is 0. The van der Waals surface area contributed by atoms with E-state index in [-0.39, 0.29) is 6.04 Å². The van der Waals surface area contributed by atoms with Gasteiger partial charge in [0.05, 0.1) is 11.7 Å². The van der Waals surface area contributed by atoms with Crippen LogP contribution in [-0.2, 0) is 26.9 Å². The van der Waals surface area contributed by atoms with Gasteiger partial charge in [0.2, 0.25) is 0 Å². The summed E-state index contributed by atoms with van der Waals surface area (Å²) in [7, 11) is 4.06. The Labute approximate surface area is 121 Å². The van der Waals surface area contributed by atoms with Crippen molar-refractivity contribution in [1.29, 1.82) is 0 Å². The molecule has 2 rings (SSSR count). The fourth-order valence-corrected chi connectivity index (χ4v) is 2.43. The molecule has 2 aromatic rings. The second kappa shape index (κ2) is 6.70. The number of nitrogens with zero attached hydrogens (tertiary/aromatic N) is 4. The maximum Gasteiger partial charge on any atom is 0.125 e. The number of aromatic nitrogens is 4. The minimum Gasteiger partial charge on any atom is -0.337 e. The number of imidazole rings is 1. The van der Waals surface area contributed by atoms with Crippen LogP contribution in [0.1, 0.15) is 43.5 Å². The average molecular weight is 275 g/mol. The summed E-state index contributed by atoms with van der Waals surface area (Å²) < 4.78 is 4.08. The molecule has 0 aliphatic rings. The zero-order valence-electron chi connectivity index (χ0n) is 12.9. The molecule has 1 N–H and O–H groups in total. The Kier molecular flexibility index (Phi) is 4.95. The van der Waals surface area contributed by atoms with Gasteiger partial charge in [-0.25, -0.2) is 4.98 Å². The van der Waals surface area contributed by atoms with E-state index in [4.69, 9.17) is 0 Å². The fraction of sp³-hybridized carbons (Fsp3) is 0.600. The van der Waals surface area contributed by atoms with Gasteiger partial charge in [-0.3, -0.25) is 4.68 Å². The lowest BCUT2D eigenvalue weighted by molar-refractivity contribution is 0.478. The predicted octanol–water partition coefficient (Wildman–Crippen LogP) is 2.00. The quantitative estimate of drug-likeness (QED) is 0.841. The van der Waals surface area contributed by atoms with Crippen molar-refractivity contribution in [3.05, 3.63) is 35.7 Å². The van der Waals surface area contributed by atoms with Crippen LogP contribution in [0.3, 0.4) is 0 Å². The highest BCUT2D eigenvalue weighted by Crippen LogP contribution is 2.17. The molecule has 0 aliphatic carbocycles. The van der Waals surface area contributed by atoms with E-state index in [1.54, 1.807) is 0 Å². The smallest absolute Gasteiger partial charge is 0.125 e. The van der Waals surface area contributed by atoms with Gasteiger partial charge in [-0.05, 0) is 25.5 Å². The largest absolute Gasteiger partial charge is 0.337 e. The molecule has 0 saturated carbocycles. The van der Waals surface area contributed by atoms with E-state index in [9.17, 15) is 0 Å². The normalized spacial score (nSPS) is 12.8. The van der Waals surface area contributed by atoms with Gasteiger partial charge in [0.1, 0.15) is 5.82 Å². The van der Waals surface area contributed by atoms with Crippen molar-refractivity contribution < 1.29 is 0 Å². The van der Waals surface area contributed by atoms with E-state index in [0.717, 1.165) is 37.3 Å². The van der Waals surface area contributed by atoms with Crippen molar-refractivity contribution >= 4 is 0 Å². The van der Waals surface area contributed by atoms with Crippen molar-refractivity contribution in [2.45, 2.75) is 39.2 Å². The van der Waals surface area contributed by atoms with Crippen LogP contribution in [0.25, 0.3) is 0 Å². The molecule has 0 bridgehead atoms. The van der Waals surface area contributed by atoms with Gasteiger partial charge in [0, 0.05) is 38.6 Å². The first kappa shape index (κ1) is 14.8. The predicted molar refractivity (Wildman–Crippen MR) is 80.5 cm³/mol. The summed E-state index contributed by atoms with van der Waals surface area (Å²) in [6.07, 6.45) is 6.86. The highest BCUT2D eigenvalue weighted by molar-refractivity contribution is 5.14. The fourth-order valence-electron chi connectivity index (χ4n) is 2.43. The molecule has 0 radical (unpaired) electrons. The zero-order valence-corrected chi connectivity index (χ0v) is 12.9. The van der Waals surface area contributed by atoms with Crippen LogP contribution in [0.5, 0.6) is 0 Å². The van der Waals surface area contributed by atoms with Crippen molar-refractivity contribution in [2.24, 2.45) is 14.1 Å². The minimum atomic E-state index is 0.232. The first-order valence-corrected chi connectivity index (χ1v) is 7.38. The van der Waals surface area contributed by atoms with E-state index < -0.39 is 0 Å². The van der Waals surface area contributed by atoms with Gasteiger partial charge in [0.15, 0.2) is 0 Å². The lowest BCUT2D eigenvalue weighted by Gasteiger charge is -2.18. The maximum atomic E-state index is 4.53. The summed E-state index contributed by atoms with van der Waals surface area (Å²) in [5.74, 6) is 1.08. The average Bonchev–Trinajstić information content (AvgIpc) is 3.01. The van der Waals surface area contributed by atoms with Crippen molar-refractivity contribution in [2.75, 3.05) is 6.54 Å². The summed E-state index contributed by atoms with van der Waals surface area (Å²) in [5.41, 5.74) is 2.40. The molecule has 0 aromatic carbocycles. The number of hydrogen-bond acceptors (Lipinski definition) is 3. The van der Waals surface area contributed by atoms with Gasteiger partial charge in [-0.15, -0.1) is 0 Å². The molecular formula is C15H25N5. The van der Waals surface area contributed by atoms with Crippen LogP contribution < -0.4 is 5.32 Å². The van der Waals surface area contributed by atoms with Gasteiger partial charge in [-0.2, -0.15) is 5.10 Å². The summed E-state index contributed by atoms with van der Waals surface area (Å²) in [6, 6.07) is 2.43. The summed E-state index contributed by atoms with van der Waals surface area (Å²) in [5, 5.41) is 8.12. The van der Waals surface area contributed by atoms with E-state index in [1.807, 2.05) is 31.2 Å². The summed E-state index contributed by atoms with van der Waals surface area (Å²) in [6.45, 7) is 5.31. The maximum absolute atomic E-state index is 4.53. The molecule has 0 amide bonds. The number of hydrogen-bond donors (Lipinski definition) is 1. The van der Waals surface area contributed by atoms with E-state index in [1.165, 1.54) is 5.69 Å². The van der Waals surface area contributed by atoms with Crippen LogP contribution in [0.2, 0.25) is 0 Å². The van der Waals surface area contributed by atoms with Crippen LogP contribution >= 0.6 is 0 Å². The Morgan fingerprint density at radius 1 is 1.30 bits per heavy atom. The molecule has 1 unspecified atom stereocenters. The molecule has 2 heterocycles. The Hall–Kier alpha value is -1.62. The summed E-state index contributed by atoms with van der Waals surface area (Å²) in [4.78, 5) is 4.49. The second-order valence-corrected chi connectivity index (χ2v) is 5.21. The van der Waals surface area contributed by atoms with E-state index in [0.29, 0.717) is 0 Å². The lowest BCUT2D eigenvalue weighted by Crippen LogP contribution is -2.27. The molecule has 0 saturated heterocycles. The zero-order chi connectivity index (χ0) is 14.5. The van der Waals surface area contributed by atoms with Gasteiger partial charge in [-0.1, -0.05) is 13.8 Å². The Bertz CT molecular complexity index is 540. The minimum absolute atomic E-state index is 0.232. The van der Waals surface area contributed by atoms with Gasteiger partial charge < -0.3 is 9.88 Å². The molecule has 2 aromatic heterocycles. The molecular weight excluding hydrogens is 250 g/mol. The van der Waals surface area contributed by atoms with Gasteiger partial charge >= 0.3 is 0 Å². The van der Waals surface area contributed by atoms with Crippen LogP contribution in [0.15, 0.2) is 18.5 Å². The molecule has 110 valence electrons. The highest BCUT2D eigenvalue weighted by Gasteiger charge is 2.18. The first-order valence-electron chi connectivity index (χ1n) is 7.38. The monoisotopic (exact) mass is 275 g/mol. The number of nitrogens with one attached hydrogen (secondary N) is 1. The van der Waals surface area contributed by atoms with Crippen molar-refractivity contribution in [1.82, 2.24) is 24.6 Å². The van der Waals surface area contributed by atoms with Crippen LogP contribution in [0, 0.1) is 0 Å². The van der Waals surface area contributed by atoms with Crippen LogP contribution in [0.4, 0.5) is 0 Å². The van der Waals surface area contributed by atoms with E-state index in [2.05, 4.69) is 39.9 Å². The van der Waals surface area contributed by atoms with Crippen molar-refractivity contribution in [3.63, 3.8) is 0 Å². The Morgan fingerprint density at radius 3 is 2.65 bits per heavy atom. The molecule has 0 fully saturated rings. The Morgan fingerprint density at radius 2 is 2.10 bits per heavy atom. The lowest BCUT2D eigenvalue weighted by atomic mass is 10.1.